The highest BCUT2D eigenvalue weighted by atomic mass is 79.9. The Morgan fingerprint density at radius 2 is 2.08 bits per heavy atom. The topological polar surface area (TPSA) is 84.2 Å². The van der Waals surface area contributed by atoms with Crippen LogP contribution in [0, 0.1) is 6.92 Å². The Hall–Kier alpha value is -2.52. The number of carbonyl (C=O) groups is 1. The fourth-order valence-corrected chi connectivity index (χ4v) is 3.18. The van der Waals surface area contributed by atoms with E-state index in [4.69, 9.17) is 0 Å². The van der Waals surface area contributed by atoms with Crippen LogP contribution in [0.4, 0.5) is 5.69 Å². The van der Waals surface area contributed by atoms with E-state index in [1.165, 1.54) is 16.1 Å². The van der Waals surface area contributed by atoms with Gasteiger partial charge in [0.2, 0.25) is 0 Å². The van der Waals surface area contributed by atoms with Crippen molar-refractivity contribution in [3.63, 3.8) is 0 Å². The first-order chi connectivity index (χ1) is 11.6. The number of para-hydroxylation sites is 1. The van der Waals surface area contributed by atoms with Gasteiger partial charge >= 0.3 is 0 Å². The van der Waals surface area contributed by atoms with Crippen LogP contribution in [0.25, 0.3) is 0 Å². The molecular formula is C15H13BrN6OS. The number of aromatic nitrogens is 3. The number of nitrogens with zero attached hydrogens (tertiary/aromatic N) is 4. The van der Waals surface area contributed by atoms with E-state index < -0.39 is 5.91 Å². The number of benzene rings is 1. The van der Waals surface area contributed by atoms with Crippen molar-refractivity contribution >= 4 is 45.1 Å². The molecule has 3 rings (SSSR count). The van der Waals surface area contributed by atoms with E-state index in [0.29, 0.717) is 5.69 Å². The third-order valence-corrected chi connectivity index (χ3v) is 4.63. The van der Waals surface area contributed by atoms with E-state index in [1.807, 2.05) is 42.5 Å². The molecule has 1 aromatic carbocycles. The summed E-state index contributed by atoms with van der Waals surface area (Å²) in [5, 5.41) is 11.8. The Kier molecular flexibility index (Phi) is 5.02. The lowest BCUT2D eigenvalue weighted by Gasteiger charge is -2.06. The van der Waals surface area contributed by atoms with Gasteiger partial charge in [0.15, 0.2) is 5.69 Å². The molecule has 0 radical (unpaired) electrons. The Bertz CT molecular complexity index is 873. The number of amides is 1. The minimum absolute atomic E-state index is 0.211. The third kappa shape index (κ3) is 3.87. The molecule has 0 bridgehead atoms. The second-order valence-electron chi connectivity index (χ2n) is 4.75. The zero-order chi connectivity index (χ0) is 16.9. The number of hydrogen-bond donors (Lipinski definition) is 2. The summed E-state index contributed by atoms with van der Waals surface area (Å²) in [4.78, 5) is 14.5. The van der Waals surface area contributed by atoms with Crippen molar-refractivity contribution < 1.29 is 4.79 Å². The average molecular weight is 405 g/mol. The number of hydrogen-bond acceptors (Lipinski definition) is 6. The number of anilines is 1. The predicted octanol–water partition coefficient (Wildman–Crippen LogP) is 3.05. The summed E-state index contributed by atoms with van der Waals surface area (Å²) in [7, 11) is 0. The standard InChI is InChI=1S/C15H13BrN6OS/c1-10-14(15(23)19-17-9-12-7-8-13(16)24-12)18-21-22(10)20-11-5-3-2-4-6-11/h2-9,20H,1H3,(H,19,23)/b17-9+. The first-order valence-electron chi connectivity index (χ1n) is 6.96. The molecule has 0 spiro atoms. The van der Waals surface area contributed by atoms with Gasteiger partial charge < -0.3 is 0 Å². The van der Waals surface area contributed by atoms with Crippen LogP contribution in [0.5, 0.6) is 0 Å². The van der Waals surface area contributed by atoms with E-state index in [9.17, 15) is 4.79 Å². The van der Waals surface area contributed by atoms with Gasteiger partial charge in [-0.25, -0.2) is 5.43 Å². The number of thiophene rings is 1. The lowest BCUT2D eigenvalue weighted by atomic mass is 10.3. The van der Waals surface area contributed by atoms with Gasteiger partial charge in [0, 0.05) is 4.88 Å². The second kappa shape index (κ2) is 7.37. The van der Waals surface area contributed by atoms with Crippen molar-refractivity contribution in [2.24, 2.45) is 5.10 Å². The third-order valence-electron chi connectivity index (χ3n) is 3.07. The Morgan fingerprint density at radius 3 is 2.79 bits per heavy atom. The summed E-state index contributed by atoms with van der Waals surface area (Å²) in [5.74, 6) is -0.416. The number of hydrazone groups is 1. The zero-order valence-corrected chi connectivity index (χ0v) is 15.0. The largest absolute Gasteiger partial charge is 0.293 e. The molecule has 0 fully saturated rings. The van der Waals surface area contributed by atoms with Gasteiger partial charge in [0.1, 0.15) is 0 Å². The van der Waals surface area contributed by atoms with Crippen LogP contribution in [0.1, 0.15) is 21.1 Å². The molecule has 9 heteroatoms. The Balaban J connectivity index is 1.66. The molecule has 2 aromatic heterocycles. The maximum atomic E-state index is 12.2. The normalized spacial score (nSPS) is 10.9. The van der Waals surface area contributed by atoms with Gasteiger partial charge in [0.25, 0.3) is 5.91 Å². The molecule has 0 aliphatic rings. The van der Waals surface area contributed by atoms with Gasteiger partial charge in [-0.15, -0.1) is 16.4 Å². The molecule has 0 unspecified atom stereocenters. The highest BCUT2D eigenvalue weighted by Crippen LogP contribution is 2.20. The van der Waals surface area contributed by atoms with Crippen LogP contribution in [-0.4, -0.2) is 27.2 Å². The highest BCUT2D eigenvalue weighted by molar-refractivity contribution is 9.11. The van der Waals surface area contributed by atoms with E-state index in [2.05, 4.69) is 42.2 Å². The molecule has 122 valence electrons. The molecular weight excluding hydrogens is 392 g/mol. The van der Waals surface area contributed by atoms with E-state index in [-0.39, 0.29) is 5.69 Å². The van der Waals surface area contributed by atoms with Crippen molar-refractivity contribution in [3.8, 4) is 0 Å². The fraction of sp³-hybridized carbons (Fsp3) is 0.0667. The lowest BCUT2D eigenvalue weighted by Crippen LogP contribution is -2.20. The predicted molar refractivity (Wildman–Crippen MR) is 97.3 cm³/mol. The van der Waals surface area contributed by atoms with Crippen molar-refractivity contribution in [2.45, 2.75) is 6.92 Å². The molecule has 0 saturated carbocycles. The highest BCUT2D eigenvalue weighted by Gasteiger charge is 2.16. The molecule has 0 aliphatic carbocycles. The van der Waals surface area contributed by atoms with Gasteiger partial charge in [-0.1, -0.05) is 18.2 Å². The quantitative estimate of drug-likeness (QED) is 0.505. The summed E-state index contributed by atoms with van der Waals surface area (Å²) < 4.78 is 1.00. The van der Waals surface area contributed by atoms with Gasteiger partial charge in [-0.2, -0.15) is 9.89 Å². The van der Waals surface area contributed by atoms with Crippen molar-refractivity contribution in [2.75, 3.05) is 5.43 Å². The average Bonchev–Trinajstić information content (AvgIpc) is 3.15. The summed E-state index contributed by atoms with van der Waals surface area (Å²) in [6.07, 6.45) is 1.58. The first-order valence-corrected chi connectivity index (χ1v) is 8.57. The minimum atomic E-state index is -0.416. The summed E-state index contributed by atoms with van der Waals surface area (Å²) in [6, 6.07) is 13.3. The smallest absolute Gasteiger partial charge is 0.277 e. The molecule has 0 atom stereocenters. The van der Waals surface area contributed by atoms with Crippen molar-refractivity contribution in [1.29, 1.82) is 0 Å². The number of carbonyl (C=O) groups excluding carboxylic acids is 1. The van der Waals surface area contributed by atoms with Gasteiger partial charge in [-0.05, 0) is 52.3 Å². The van der Waals surface area contributed by atoms with Crippen LogP contribution in [0.2, 0.25) is 0 Å². The number of rotatable bonds is 5. The second-order valence-corrected chi connectivity index (χ2v) is 7.25. The van der Waals surface area contributed by atoms with E-state index in [1.54, 1.807) is 13.1 Å². The maximum Gasteiger partial charge on any atom is 0.293 e. The maximum absolute atomic E-state index is 12.2. The van der Waals surface area contributed by atoms with Gasteiger partial charge in [-0.3, -0.25) is 10.2 Å². The molecule has 0 saturated heterocycles. The van der Waals surface area contributed by atoms with E-state index >= 15 is 0 Å². The fourth-order valence-electron chi connectivity index (χ4n) is 1.89. The van der Waals surface area contributed by atoms with Crippen LogP contribution < -0.4 is 10.9 Å². The Morgan fingerprint density at radius 1 is 1.29 bits per heavy atom. The molecule has 24 heavy (non-hydrogen) atoms. The summed E-state index contributed by atoms with van der Waals surface area (Å²) in [5.41, 5.74) is 7.15. The monoisotopic (exact) mass is 404 g/mol. The van der Waals surface area contributed by atoms with Crippen LogP contribution >= 0.6 is 27.3 Å². The lowest BCUT2D eigenvalue weighted by molar-refractivity contribution is 0.0949. The van der Waals surface area contributed by atoms with Crippen molar-refractivity contribution in [3.05, 3.63) is 62.5 Å². The van der Waals surface area contributed by atoms with Gasteiger partial charge in [0.05, 0.1) is 21.4 Å². The first kappa shape index (κ1) is 16.3. The van der Waals surface area contributed by atoms with Crippen LogP contribution in [0.15, 0.2) is 51.4 Å². The summed E-state index contributed by atoms with van der Waals surface area (Å²) >= 11 is 4.89. The molecule has 1 amide bonds. The van der Waals surface area contributed by atoms with Crippen LogP contribution in [-0.2, 0) is 0 Å². The Labute approximate surface area is 150 Å². The molecule has 2 heterocycles. The van der Waals surface area contributed by atoms with E-state index in [0.717, 1.165) is 14.4 Å². The molecule has 2 N–H and O–H groups in total. The van der Waals surface area contributed by atoms with Crippen LogP contribution in [0.3, 0.4) is 0 Å². The minimum Gasteiger partial charge on any atom is -0.277 e. The molecule has 7 nitrogen and oxygen atoms in total. The van der Waals surface area contributed by atoms with Crippen molar-refractivity contribution in [1.82, 2.24) is 20.5 Å². The molecule has 3 aromatic rings. The number of halogens is 1. The zero-order valence-electron chi connectivity index (χ0n) is 12.6. The molecule has 0 aliphatic heterocycles. The number of nitrogens with one attached hydrogen (secondary N) is 2. The summed E-state index contributed by atoms with van der Waals surface area (Å²) in [6.45, 7) is 1.75. The SMILES string of the molecule is Cc1c(C(=O)N/N=C/c2ccc(Br)s2)nnn1Nc1ccccc1.